The lowest BCUT2D eigenvalue weighted by Crippen LogP contribution is -2.70. The molecule has 4 aliphatic rings. The molecule has 4 nitrogen and oxygen atoms in total. The summed E-state index contributed by atoms with van der Waals surface area (Å²) in [6, 6.07) is 0. The van der Waals surface area contributed by atoms with Crippen molar-refractivity contribution in [2.24, 2.45) is 28.6 Å². The summed E-state index contributed by atoms with van der Waals surface area (Å²) in [5.74, 6) is -1.82. The Morgan fingerprint density at radius 1 is 1.31 bits per heavy atom. The molecule has 0 saturated heterocycles. The second kappa shape index (κ2) is 6.24. The number of thiol groups is 1. The molecule has 0 unspecified atom stereocenters. The fraction of sp³-hybridized carbons (Fsp3) is 0.727. The molecule has 0 aromatic carbocycles. The Bertz CT molecular complexity index is 843. The van der Waals surface area contributed by atoms with Gasteiger partial charge in [0.05, 0.1) is 6.10 Å². The van der Waals surface area contributed by atoms with E-state index >= 15 is 8.78 Å². The molecule has 0 spiro atoms. The molecule has 160 valence electrons. The number of alkyl halides is 2. The first-order valence-corrected chi connectivity index (χ1v) is 10.6. The van der Waals surface area contributed by atoms with E-state index in [4.69, 9.17) is 4.74 Å². The van der Waals surface area contributed by atoms with Crippen LogP contribution in [0.15, 0.2) is 23.8 Å². The zero-order valence-corrected chi connectivity index (χ0v) is 18.0. The minimum absolute atomic E-state index is 0.00322. The minimum atomic E-state index is -2.15. The van der Waals surface area contributed by atoms with E-state index in [-0.39, 0.29) is 36.0 Å². The van der Waals surface area contributed by atoms with Crippen LogP contribution >= 0.6 is 12.6 Å². The van der Waals surface area contributed by atoms with Gasteiger partial charge in [0.15, 0.2) is 11.5 Å². The van der Waals surface area contributed by atoms with Crippen molar-refractivity contribution in [3.63, 3.8) is 0 Å². The number of halogens is 2. The third kappa shape index (κ3) is 2.22. The summed E-state index contributed by atoms with van der Waals surface area (Å²) in [6.45, 7) is 5.27. The summed E-state index contributed by atoms with van der Waals surface area (Å²) >= 11 is 4.11. The standard InChI is InChI=1S/C22H28F2O4S/c1-11-7-13-14-9-16(23)15-8-12(25)5-6-19(15,2)21(14,24)17(26)10-20(13,3)22(11,28-4)18(27)29/h5-6,8,11,13-14,16-17,26H,7,9-10H2,1-4H3,(H,27,29)/t11-,13+,14+,16+,17+,19+,20+,21+,22+/m1/s1. The van der Waals surface area contributed by atoms with Crippen LogP contribution in [0.4, 0.5) is 8.78 Å². The summed E-state index contributed by atoms with van der Waals surface area (Å²) in [4.78, 5) is 24.5. The van der Waals surface area contributed by atoms with E-state index in [2.05, 4.69) is 12.6 Å². The summed E-state index contributed by atoms with van der Waals surface area (Å²) in [5, 5.41) is 10.7. The van der Waals surface area contributed by atoms with Gasteiger partial charge in [-0.3, -0.25) is 9.59 Å². The van der Waals surface area contributed by atoms with Gasteiger partial charge in [-0.1, -0.05) is 19.9 Å². The van der Waals surface area contributed by atoms with E-state index in [1.54, 1.807) is 6.92 Å². The van der Waals surface area contributed by atoms with Gasteiger partial charge in [-0.25, -0.2) is 8.78 Å². The molecule has 4 rings (SSSR count). The number of carbonyl (C=O) groups is 2. The highest BCUT2D eigenvalue weighted by Crippen LogP contribution is 2.71. The van der Waals surface area contributed by atoms with Crippen molar-refractivity contribution in [1.82, 2.24) is 0 Å². The van der Waals surface area contributed by atoms with Crippen molar-refractivity contribution in [3.8, 4) is 0 Å². The zero-order valence-electron chi connectivity index (χ0n) is 17.1. The number of ketones is 1. The molecule has 0 heterocycles. The Labute approximate surface area is 175 Å². The van der Waals surface area contributed by atoms with Crippen molar-refractivity contribution < 1.29 is 28.2 Å². The maximum absolute atomic E-state index is 17.0. The molecule has 0 radical (unpaired) electrons. The molecule has 3 saturated carbocycles. The Morgan fingerprint density at radius 3 is 2.55 bits per heavy atom. The molecule has 0 bridgehead atoms. The first-order valence-electron chi connectivity index (χ1n) is 10.1. The highest BCUT2D eigenvalue weighted by Gasteiger charge is 2.76. The molecule has 0 aliphatic heterocycles. The predicted octanol–water partition coefficient (Wildman–Crippen LogP) is 3.39. The smallest absolute Gasteiger partial charge is 0.218 e. The number of rotatable bonds is 2. The largest absolute Gasteiger partial charge is 0.390 e. The van der Waals surface area contributed by atoms with E-state index in [0.717, 1.165) is 0 Å². The first kappa shape index (κ1) is 21.2. The van der Waals surface area contributed by atoms with Crippen molar-refractivity contribution in [1.29, 1.82) is 0 Å². The molecule has 29 heavy (non-hydrogen) atoms. The van der Waals surface area contributed by atoms with Gasteiger partial charge < -0.3 is 9.84 Å². The molecule has 1 N–H and O–H groups in total. The number of aliphatic hydroxyl groups is 1. The minimum Gasteiger partial charge on any atom is -0.390 e. The van der Waals surface area contributed by atoms with Gasteiger partial charge in [0.2, 0.25) is 5.12 Å². The number of ether oxygens (including phenoxy) is 1. The van der Waals surface area contributed by atoms with Gasteiger partial charge in [0.25, 0.3) is 0 Å². The second-order valence-corrected chi connectivity index (χ2v) is 10.1. The highest BCUT2D eigenvalue weighted by atomic mass is 32.1. The number of carbonyl (C=O) groups excluding carboxylic acids is 2. The number of hydrogen-bond acceptors (Lipinski definition) is 4. The summed E-state index contributed by atoms with van der Waals surface area (Å²) < 4.78 is 38.0. The van der Waals surface area contributed by atoms with E-state index in [0.29, 0.717) is 6.42 Å². The van der Waals surface area contributed by atoms with Crippen LogP contribution in [0, 0.1) is 28.6 Å². The van der Waals surface area contributed by atoms with Crippen LogP contribution < -0.4 is 0 Å². The van der Waals surface area contributed by atoms with Gasteiger partial charge in [-0.15, -0.1) is 12.6 Å². The lowest BCUT2D eigenvalue weighted by molar-refractivity contribution is -0.225. The van der Waals surface area contributed by atoms with Crippen molar-refractivity contribution in [2.75, 3.05) is 7.11 Å². The fourth-order valence-electron chi connectivity index (χ4n) is 7.50. The summed E-state index contributed by atoms with van der Waals surface area (Å²) in [7, 11) is 1.44. The predicted molar refractivity (Wildman–Crippen MR) is 107 cm³/mol. The normalized spacial score (nSPS) is 53.7. The average molecular weight is 427 g/mol. The zero-order chi connectivity index (χ0) is 21.6. The Kier molecular flexibility index (Phi) is 4.56. The average Bonchev–Trinajstić information content (AvgIpc) is 2.86. The quantitative estimate of drug-likeness (QED) is 0.665. The second-order valence-electron chi connectivity index (χ2n) is 9.74. The Balaban J connectivity index is 1.89. The maximum Gasteiger partial charge on any atom is 0.218 e. The van der Waals surface area contributed by atoms with Crippen LogP contribution in [0.3, 0.4) is 0 Å². The van der Waals surface area contributed by atoms with Gasteiger partial charge in [0, 0.05) is 23.9 Å². The molecular weight excluding hydrogens is 398 g/mol. The maximum atomic E-state index is 17.0. The van der Waals surface area contributed by atoms with Gasteiger partial charge >= 0.3 is 0 Å². The topological polar surface area (TPSA) is 63.6 Å². The van der Waals surface area contributed by atoms with Crippen LogP contribution in [0.2, 0.25) is 0 Å². The third-order valence-corrected chi connectivity index (χ3v) is 9.14. The van der Waals surface area contributed by atoms with Gasteiger partial charge in [-0.2, -0.15) is 0 Å². The molecule has 4 aliphatic carbocycles. The molecule has 0 amide bonds. The Hall–Kier alpha value is -1.05. The number of allylic oxidation sites excluding steroid dienone is 4. The van der Waals surface area contributed by atoms with Crippen LogP contribution in [-0.4, -0.2) is 46.7 Å². The van der Waals surface area contributed by atoms with Gasteiger partial charge in [-0.05, 0) is 55.7 Å². The number of fused-ring (bicyclic) bond motifs is 5. The van der Waals surface area contributed by atoms with Crippen molar-refractivity contribution in [3.05, 3.63) is 23.8 Å². The molecule has 9 atom stereocenters. The fourth-order valence-corrected chi connectivity index (χ4v) is 8.07. The molecule has 7 heteroatoms. The summed E-state index contributed by atoms with van der Waals surface area (Å²) in [6.07, 6.45) is 1.26. The van der Waals surface area contributed by atoms with Crippen LogP contribution in [0.25, 0.3) is 0 Å². The monoisotopic (exact) mass is 426 g/mol. The van der Waals surface area contributed by atoms with Gasteiger partial charge in [0.1, 0.15) is 11.8 Å². The first-order chi connectivity index (χ1) is 13.4. The van der Waals surface area contributed by atoms with E-state index < -0.39 is 45.4 Å². The number of hydrogen-bond donors (Lipinski definition) is 2. The lowest BCUT2D eigenvalue weighted by Gasteiger charge is -2.63. The van der Waals surface area contributed by atoms with Crippen molar-refractivity contribution >= 4 is 23.5 Å². The highest BCUT2D eigenvalue weighted by molar-refractivity contribution is 7.96. The van der Waals surface area contributed by atoms with E-state index in [1.807, 2.05) is 13.8 Å². The number of methoxy groups -OCH3 is 1. The SMILES string of the molecule is CO[C@]1(C(=O)S)[C@H](C)C[C@H]2[C@@H]3C[C@H](F)C4=CC(=O)C=C[C@]4(C)[C@@]3(F)[C@@H](O)C[C@@]21C. The van der Waals surface area contributed by atoms with E-state index in [1.165, 1.54) is 25.3 Å². The molecular formula is C22H28F2O4S. The van der Waals surface area contributed by atoms with Crippen LogP contribution in [-0.2, 0) is 14.3 Å². The summed E-state index contributed by atoms with van der Waals surface area (Å²) in [5.41, 5.74) is -5.63. The Morgan fingerprint density at radius 2 is 1.97 bits per heavy atom. The molecule has 0 aromatic heterocycles. The molecule has 0 aromatic rings. The third-order valence-electron chi connectivity index (χ3n) is 8.81. The lowest BCUT2D eigenvalue weighted by atomic mass is 9.44. The molecule has 3 fully saturated rings. The van der Waals surface area contributed by atoms with Crippen molar-refractivity contribution in [2.45, 2.75) is 63.6 Å². The van der Waals surface area contributed by atoms with Crippen LogP contribution in [0.1, 0.15) is 40.0 Å². The van der Waals surface area contributed by atoms with E-state index in [9.17, 15) is 14.7 Å². The van der Waals surface area contributed by atoms with Crippen LogP contribution in [0.5, 0.6) is 0 Å². The number of aliphatic hydroxyl groups excluding tert-OH is 1.